The van der Waals surface area contributed by atoms with Gasteiger partial charge in [0.1, 0.15) is 0 Å². The molecule has 3 N–H and O–H groups in total. The third-order valence-corrected chi connectivity index (χ3v) is 12.4. The van der Waals surface area contributed by atoms with E-state index in [2.05, 4.69) is 19.2 Å². The second-order valence-electron chi connectivity index (χ2n) is 18.2. The van der Waals surface area contributed by atoms with Gasteiger partial charge in [0.05, 0.1) is 25.4 Å². The third kappa shape index (κ3) is 44.4. The molecule has 0 aromatic carbocycles. The van der Waals surface area contributed by atoms with E-state index in [0.717, 1.165) is 57.8 Å². The summed E-state index contributed by atoms with van der Waals surface area (Å²) in [6, 6.07) is -0.559. The average Bonchev–Trinajstić information content (AvgIpc) is 3.22. The number of carbonyl (C=O) groups excluding carboxylic acids is 2. The minimum absolute atomic E-state index is 0.0211. The third-order valence-electron chi connectivity index (χ3n) is 12.4. The van der Waals surface area contributed by atoms with Gasteiger partial charge in [-0.3, -0.25) is 9.59 Å². The first-order chi connectivity index (χ1) is 28.5. The summed E-state index contributed by atoms with van der Waals surface area (Å²) >= 11 is 0. The molecule has 0 aromatic heterocycles. The number of amides is 1. The first-order valence-electron chi connectivity index (χ1n) is 26.3. The number of hydrogen-bond donors (Lipinski definition) is 3. The fourth-order valence-corrected chi connectivity index (χ4v) is 8.35. The topological polar surface area (TPSA) is 95.9 Å². The van der Waals surface area contributed by atoms with Crippen LogP contribution in [0.4, 0.5) is 0 Å². The van der Waals surface area contributed by atoms with Gasteiger partial charge in [0, 0.05) is 12.8 Å². The molecule has 6 nitrogen and oxygen atoms in total. The molecule has 0 saturated carbocycles. The maximum atomic E-state index is 12.5. The molecular formula is C52H103NO5. The standard InChI is InChI=1S/C52H103NO5/c1-3-5-7-9-11-13-15-17-19-20-22-23-25-28-32-36-40-44-50(55)49(48-54)53-51(56)45-41-37-33-29-27-31-35-39-43-47-58-52(57)46-42-38-34-30-26-24-21-18-16-14-12-10-8-6-4-2/h49-50,54-55H,3-48H2,1-2H3,(H,53,56). The Kier molecular flexibility index (Phi) is 47.6. The predicted octanol–water partition coefficient (Wildman–Crippen LogP) is 15.6. The quantitative estimate of drug-likeness (QED) is 0.0420. The Hall–Kier alpha value is -1.14. The summed E-state index contributed by atoms with van der Waals surface area (Å²) in [6.07, 6.45) is 53.5. The summed E-state index contributed by atoms with van der Waals surface area (Å²) in [6.45, 7) is 4.91. The summed E-state index contributed by atoms with van der Waals surface area (Å²) in [5, 5.41) is 23.2. The van der Waals surface area contributed by atoms with Crippen LogP contribution in [0.3, 0.4) is 0 Å². The lowest BCUT2D eigenvalue weighted by Gasteiger charge is -2.22. The molecule has 346 valence electrons. The van der Waals surface area contributed by atoms with Crippen LogP contribution in [0.25, 0.3) is 0 Å². The number of unbranched alkanes of at least 4 members (excludes halogenated alkanes) is 38. The Bertz CT molecular complexity index is 822. The zero-order valence-corrected chi connectivity index (χ0v) is 39.3. The summed E-state index contributed by atoms with van der Waals surface area (Å²) < 4.78 is 5.46. The van der Waals surface area contributed by atoms with Crippen molar-refractivity contribution in [2.24, 2.45) is 0 Å². The molecule has 0 aliphatic rings. The van der Waals surface area contributed by atoms with E-state index in [1.165, 1.54) is 205 Å². The first kappa shape index (κ1) is 56.9. The zero-order valence-electron chi connectivity index (χ0n) is 39.3. The second kappa shape index (κ2) is 48.5. The van der Waals surface area contributed by atoms with Crippen molar-refractivity contribution in [1.82, 2.24) is 5.32 Å². The molecule has 0 radical (unpaired) electrons. The predicted molar refractivity (Wildman–Crippen MR) is 250 cm³/mol. The molecule has 0 saturated heterocycles. The maximum absolute atomic E-state index is 12.5. The van der Waals surface area contributed by atoms with Gasteiger partial charge in [-0.2, -0.15) is 0 Å². The molecule has 0 aliphatic heterocycles. The maximum Gasteiger partial charge on any atom is 0.305 e. The van der Waals surface area contributed by atoms with Crippen LogP contribution in [-0.4, -0.2) is 47.4 Å². The van der Waals surface area contributed by atoms with E-state index in [1.54, 1.807) is 0 Å². The monoisotopic (exact) mass is 822 g/mol. The van der Waals surface area contributed by atoms with Crippen molar-refractivity contribution in [1.29, 1.82) is 0 Å². The molecule has 6 heteroatoms. The van der Waals surface area contributed by atoms with Crippen LogP contribution in [0, 0.1) is 0 Å². The van der Waals surface area contributed by atoms with Crippen molar-refractivity contribution in [3.05, 3.63) is 0 Å². The van der Waals surface area contributed by atoms with Gasteiger partial charge in [0.2, 0.25) is 5.91 Å². The lowest BCUT2D eigenvalue weighted by atomic mass is 10.0. The van der Waals surface area contributed by atoms with Gasteiger partial charge in [-0.05, 0) is 25.7 Å². The highest BCUT2D eigenvalue weighted by molar-refractivity contribution is 5.76. The molecular weight excluding hydrogens is 719 g/mol. The molecule has 58 heavy (non-hydrogen) atoms. The molecule has 0 aromatic rings. The van der Waals surface area contributed by atoms with Crippen molar-refractivity contribution >= 4 is 11.9 Å². The van der Waals surface area contributed by atoms with E-state index in [1.807, 2.05) is 0 Å². The smallest absolute Gasteiger partial charge is 0.305 e. The molecule has 2 atom stereocenters. The van der Waals surface area contributed by atoms with E-state index >= 15 is 0 Å². The van der Waals surface area contributed by atoms with Crippen LogP contribution in [-0.2, 0) is 14.3 Å². The van der Waals surface area contributed by atoms with E-state index in [0.29, 0.717) is 25.9 Å². The van der Waals surface area contributed by atoms with Gasteiger partial charge >= 0.3 is 5.97 Å². The Morgan fingerprint density at radius 1 is 0.414 bits per heavy atom. The summed E-state index contributed by atoms with van der Waals surface area (Å²) in [5.41, 5.74) is 0. The normalized spacial score (nSPS) is 12.6. The summed E-state index contributed by atoms with van der Waals surface area (Å²) in [7, 11) is 0. The fourth-order valence-electron chi connectivity index (χ4n) is 8.35. The number of ether oxygens (including phenoxy) is 1. The van der Waals surface area contributed by atoms with Crippen molar-refractivity contribution < 1.29 is 24.5 Å². The van der Waals surface area contributed by atoms with Gasteiger partial charge in [-0.25, -0.2) is 0 Å². The molecule has 0 heterocycles. The van der Waals surface area contributed by atoms with Gasteiger partial charge in [-0.15, -0.1) is 0 Å². The molecule has 0 aliphatic carbocycles. The highest BCUT2D eigenvalue weighted by atomic mass is 16.5. The molecule has 0 fully saturated rings. The van der Waals surface area contributed by atoms with Crippen LogP contribution >= 0.6 is 0 Å². The van der Waals surface area contributed by atoms with Crippen LogP contribution in [0.15, 0.2) is 0 Å². The van der Waals surface area contributed by atoms with Crippen LogP contribution in [0.2, 0.25) is 0 Å². The lowest BCUT2D eigenvalue weighted by Crippen LogP contribution is -2.45. The highest BCUT2D eigenvalue weighted by Gasteiger charge is 2.20. The van der Waals surface area contributed by atoms with Crippen molar-refractivity contribution in [3.8, 4) is 0 Å². The summed E-state index contributed by atoms with van der Waals surface area (Å²) in [5.74, 6) is -0.0804. The van der Waals surface area contributed by atoms with Gasteiger partial charge in [0.15, 0.2) is 0 Å². The first-order valence-corrected chi connectivity index (χ1v) is 26.3. The van der Waals surface area contributed by atoms with Crippen LogP contribution in [0.5, 0.6) is 0 Å². The SMILES string of the molecule is CCCCCCCCCCCCCCCCCCCC(O)C(CO)NC(=O)CCCCCCCCCCCOC(=O)CCCCCCCCCCCCCCCCC. The highest BCUT2D eigenvalue weighted by Crippen LogP contribution is 2.17. The Morgan fingerprint density at radius 3 is 1.05 bits per heavy atom. The minimum Gasteiger partial charge on any atom is -0.466 e. The fraction of sp³-hybridized carbons (Fsp3) is 0.962. The van der Waals surface area contributed by atoms with Crippen LogP contribution < -0.4 is 5.32 Å². The zero-order chi connectivity index (χ0) is 42.3. The number of esters is 1. The number of hydrogen-bond acceptors (Lipinski definition) is 5. The van der Waals surface area contributed by atoms with Crippen molar-refractivity contribution in [3.63, 3.8) is 0 Å². The largest absolute Gasteiger partial charge is 0.466 e. The van der Waals surface area contributed by atoms with E-state index in [-0.39, 0.29) is 18.5 Å². The summed E-state index contributed by atoms with van der Waals surface area (Å²) in [4.78, 5) is 24.5. The molecule has 1 amide bonds. The van der Waals surface area contributed by atoms with E-state index in [4.69, 9.17) is 4.74 Å². The lowest BCUT2D eigenvalue weighted by molar-refractivity contribution is -0.143. The van der Waals surface area contributed by atoms with Crippen molar-refractivity contribution in [2.75, 3.05) is 13.2 Å². The molecule has 0 rings (SSSR count). The average molecular weight is 822 g/mol. The molecule has 2 unspecified atom stereocenters. The number of carbonyl (C=O) groups is 2. The Labute approximate surface area is 362 Å². The molecule has 0 bridgehead atoms. The Morgan fingerprint density at radius 2 is 0.707 bits per heavy atom. The Balaban J connectivity index is 3.47. The van der Waals surface area contributed by atoms with Crippen molar-refractivity contribution in [2.45, 2.75) is 309 Å². The second-order valence-corrected chi connectivity index (χ2v) is 18.2. The minimum atomic E-state index is -0.680. The number of aliphatic hydroxyl groups is 2. The van der Waals surface area contributed by atoms with Gasteiger partial charge < -0.3 is 20.3 Å². The number of aliphatic hydroxyl groups excluding tert-OH is 2. The van der Waals surface area contributed by atoms with Crippen LogP contribution in [0.1, 0.15) is 296 Å². The number of nitrogens with one attached hydrogen (secondary N) is 1. The van der Waals surface area contributed by atoms with Gasteiger partial charge in [0.25, 0.3) is 0 Å². The van der Waals surface area contributed by atoms with E-state index < -0.39 is 12.1 Å². The van der Waals surface area contributed by atoms with E-state index in [9.17, 15) is 19.8 Å². The van der Waals surface area contributed by atoms with Gasteiger partial charge in [-0.1, -0.05) is 258 Å². The number of rotatable bonds is 49. The molecule has 0 spiro atoms.